The second-order valence-corrected chi connectivity index (χ2v) is 3.49. The predicted molar refractivity (Wildman–Crippen MR) is 45.5 cm³/mol. The van der Waals surface area contributed by atoms with Crippen LogP contribution in [0.1, 0.15) is 13.8 Å². The summed E-state index contributed by atoms with van der Waals surface area (Å²) in [5.74, 6) is 0.542. The Bertz CT molecular complexity index is 124. The Morgan fingerprint density at radius 1 is 1.08 bits per heavy atom. The average molecular weight is 173 g/mol. The molecular weight excluding hydrogens is 156 g/mol. The summed E-state index contributed by atoms with van der Waals surface area (Å²) in [6.07, 6.45) is 1.85. The highest BCUT2D eigenvalue weighted by atomic mass is 16.5. The zero-order chi connectivity index (χ0) is 9.14. The molecule has 1 saturated heterocycles. The molecule has 1 rings (SSSR count). The van der Waals surface area contributed by atoms with Crippen molar-refractivity contribution in [1.82, 2.24) is 0 Å². The maximum Gasteiger partial charge on any atom is 0.0839 e. The van der Waals surface area contributed by atoms with Crippen molar-refractivity contribution >= 4 is 0 Å². The van der Waals surface area contributed by atoms with Gasteiger partial charge in [-0.25, -0.2) is 0 Å². The third-order valence-corrected chi connectivity index (χ3v) is 2.49. The highest BCUT2D eigenvalue weighted by molar-refractivity contribution is 4.92. The van der Waals surface area contributed by atoms with Crippen molar-refractivity contribution in [1.29, 1.82) is 0 Å². The minimum absolute atomic E-state index is 0.0287. The molecule has 1 heterocycles. The summed E-state index contributed by atoms with van der Waals surface area (Å²) in [6.45, 7) is 4.09. The first-order chi connectivity index (χ1) is 5.69. The lowest BCUT2D eigenvalue weighted by atomic mass is 9.86. The van der Waals surface area contributed by atoms with Crippen LogP contribution in [0.4, 0.5) is 0 Å². The van der Waals surface area contributed by atoms with Gasteiger partial charge in [-0.1, -0.05) is 13.8 Å². The SMILES string of the molecule is CC1[CH][C@H](C)C(CO)O[C@H]1CO. The molecule has 0 saturated carbocycles. The summed E-state index contributed by atoms with van der Waals surface area (Å²) in [5, 5.41) is 17.9. The van der Waals surface area contributed by atoms with Crippen molar-refractivity contribution < 1.29 is 14.9 Å². The molecule has 0 aromatic carbocycles. The number of aliphatic hydroxyl groups is 2. The summed E-state index contributed by atoms with van der Waals surface area (Å²) >= 11 is 0. The van der Waals surface area contributed by atoms with Crippen LogP contribution in [0.3, 0.4) is 0 Å². The van der Waals surface area contributed by atoms with Crippen LogP contribution in [0.2, 0.25) is 0 Å². The van der Waals surface area contributed by atoms with Gasteiger partial charge in [0.25, 0.3) is 0 Å². The van der Waals surface area contributed by atoms with E-state index in [1.54, 1.807) is 0 Å². The number of rotatable bonds is 2. The number of ether oxygens (including phenoxy) is 1. The van der Waals surface area contributed by atoms with E-state index in [1.165, 1.54) is 0 Å². The normalized spacial score (nSPS) is 43.0. The number of aliphatic hydroxyl groups excluding tert-OH is 2. The Morgan fingerprint density at radius 3 is 1.83 bits per heavy atom. The standard InChI is InChI=1S/C9H17O3/c1-6-3-7(2)9(5-11)12-8(6)4-10/h3,6-11H,4-5H2,1-2H3/t6-,7?,8?,9-/m0/s1. The van der Waals surface area contributed by atoms with E-state index in [1.807, 2.05) is 13.8 Å². The van der Waals surface area contributed by atoms with Crippen LogP contribution in [-0.4, -0.2) is 35.6 Å². The van der Waals surface area contributed by atoms with E-state index in [2.05, 4.69) is 6.42 Å². The van der Waals surface area contributed by atoms with Gasteiger partial charge in [0.1, 0.15) is 0 Å². The minimum Gasteiger partial charge on any atom is -0.394 e. The van der Waals surface area contributed by atoms with E-state index in [-0.39, 0.29) is 37.3 Å². The molecule has 0 aromatic heterocycles. The molecule has 0 amide bonds. The van der Waals surface area contributed by atoms with E-state index in [0.717, 1.165) is 0 Å². The second kappa shape index (κ2) is 4.21. The van der Waals surface area contributed by atoms with Crippen molar-refractivity contribution in [3.63, 3.8) is 0 Å². The lowest BCUT2D eigenvalue weighted by molar-refractivity contribution is -0.117. The Balaban J connectivity index is 2.50. The van der Waals surface area contributed by atoms with E-state index in [0.29, 0.717) is 0 Å². The molecule has 1 fully saturated rings. The van der Waals surface area contributed by atoms with Gasteiger partial charge in [-0.3, -0.25) is 0 Å². The van der Waals surface area contributed by atoms with Gasteiger partial charge < -0.3 is 14.9 Å². The fourth-order valence-corrected chi connectivity index (χ4v) is 1.62. The number of hydrogen-bond donors (Lipinski definition) is 2. The van der Waals surface area contributed by atoms with Gasteiger partial charge >= 0.3 is 0 Å². The van der Waals surface area contributed by atoms with Crippen molar-refractivity contribution in [2.24, 2.45) is 11.8 Å². The number of hydrogen-bond acceptors (Lipinski definition) is 3. The van der Waals surface area contributed by atoms with Gasteiger partial charge in [-0.2, -0.15) is 0 Å². The Kier molecular flexibility index (Phi) is 3.50. The minimum atomic E-state index is -0.140. The van der Waals surface area contributed by atoms with Crippen LogP contribution >= 0.6 is 0 Å². The van der Waals surface area contributed by atoms with Crippen molar-refractivity contribution in [3.05, 3.63) is 6.42 Å². The maximum atomic E-state index is 8.93. The zero-order valence-corrected chi connectivity index (χ0v) is 7.60. The van der Waals surface area contributed by atoms with Crippen LogP contribution in [-0.2, 0) is 4.74 Å². The molecule has 3 heteroatoms. The lowest BCUT2D eigenvalue weighted by Gasteiger charge is -2.37. The van der Waals surface area contributed by atoms with Crippen LogP contribution in [0.25, 0.3) is 0 Å². The van der Waals surface area contributed by atoms with Gasteiger partial charge in [-0.05, 0) is 18.3 Å². The van der Waals surface area contributed by atoms with E-state index >= 15 is 0 Å². The summed E-state index contributed by atoms with van der Waals surface area (Å²) in [4.78, 5) is 0. The summed E-state index contributed by atoms with van der Waals surface area (Å²) in [7, 11) is 0. The smallest absolute Gasteiger partial charge is 0.0839 e. The van der Waals surface area contributed by atoms with Gasteiger partial charge in [-0.15, -0.1) is 0 Å². The van der Waals surface area contributed by atoms with E-state index in [4.69, 9.17) is 14.9 Å². The highest BCUT2D eigenvalue weighted by Crippen LogP contribution is 2.27. The first kappa shape index (κ1) is 9.96. The molecule has 1 aliphatic rings. The predicted octanol–water partition coefficient (Wildman–Crippen LogP) is 0.215. The third kappa shape index (κ3) is 1.97. The molecular formula is C9H17O3. The Hall–Kier alpha value is -0.120. The molecule has 2 N–H and O–H groups in total. The zero-order valence-electron chi connectivity index (χ0n) is 7.60. The van der Waals surface area contributed by atoms with Crippen LogP contribution < -0.4 is 0 Å². The molecule has 1 aliphatic heterocycles. The molecule has 3 nitrogen and oxygen atoms in total. The molecule has 2 unspecified atom stereocenters. The fourth-order valence-electron chi connectivity index (χ4n) is 1.62. The highest BCUT2D eigenvalue weighted by Gasteiger charge is 2.32. The second-order valence-electron chi connectivity index (χ2n) is 3.49. The van der Waals surface area contributed by atoms with Crippen LogP contribution in [0, 0.1) is 18.3 Å². The molecule has 71 valence electrons. The molecule has 0 bridgehead atoms. The summed E-state index contributed by atoms with van der Waals surface area (Å²) in [6, 6.07) is 0. The molecule has 12 heavy (non-hydrogen) atoms. The fraction of sp³-hybridized carbons (Fsp3) is 0.889. The molecule has 0 aliphatic carbocycles. The van der Waals surface area contributed by atoms with Gasteiger partial charge in [0.15, 0.2) is 0 Å². The summed E-state index contributed by atoms with van der Waals surface area (Å²) < 4.78 is 5.48. The lowest BCUT2D eigenvalue weighted by Crippen LogP contribution is -2.43. The van der Waals surface area contributed by atoms with Gasteiger partial charge in [0.2, 0.25) is 0 Å². The van der Waals surface area contributed by atoms with E-state index < -0.39 is 0 Å². The van der Waals surface area contributed by atoms with Gasteiger partial charge in [0, 0.05) is 0 Å². The monoisotopic (exact) mass is 173 g/mol. The van der Waals surface area contributed by atoms with Crippen LogP contribution in [0.15, 0.2) is 0 Å². The quantitative estimate of drug-likeness (QED) is 0.628. The maximum absolute atomic E-state index is 8.93. The van der Waals surface area contributed by atoms with Crippen molar-refractivity contribution in [2.45, 2.75) is 26.1 Å². The largest absolute Gasteiger partial charge is 0.394 e. The van der Waals surface area contributed by atoms with Gasteiger partial charge in [0.05, 0.1) is 25.4 Å². The van der Waals surface area contributed by atoms with Crippen LogP contribution in [0.5, 0.6) is 0 Å². The Labute approximate surface area is 73.4 Å². The topological polar surface area (TPSA) is 49.7 Å². The van der Waals surface area contributed by atoms with Crippen molar-refractivity contribution in [3.8, 4) is 0 Å². The van der Waals surface area contributed by atoms with E-state index in [9.17, 15) is 0 Å². The first-order valence-corrected chi connectivity index (χ1v) is 4.41. The molecule has 0 aromatic rings. The Morgan fingerprint density at radius 2 is 1.50 bits per heavy atom. The third-order valence-electron chi connectivity index (χ3n) is 2.49. The average Bonchev–Trinajstić information content (AvgIpc) is 2.05. The molecule has 4 atom stereocenters. The summed E-state index contributed by atoms with van der Waals surface area (Å²) in [5.41, 5.74) is 0. The molecule has 0 spiro atoms. The van der Waals surface area contributed by atoms with Crippen molar-refractivity contribution in [2.75, 3.05) is 13.2 Å². The molecule has 1 radical (unpaired) electrons. The first-order valence-electron chi connectivity index (χ1n) is 4.41.